The van der Waals surface area contributed by atoms with Gasteiger partial charge in [0, 0.05) is 25.0 Å². The predicted molar refractivity (Wildman–Crippen MR) is 129 cm³/mol. The summed E-state index contributed by atoms with van der Waals surface area (Å²) in [6.07, 6.45) is 4.98. The topological polar surface area (TPSA) is 15.9 Å². The van der Waals surface area contributed by atoms with Crippen LogP contribution < -0.4 is 23.2 Å². The standard InChI is InChI=1S/C20H25N2S.I3/c1-3-5-13-22(14-6-4-2)16-11-12-18-20(15-16)23-19-10-8-7-9-17(19)21-18;1-3-2/h7-12,15H,3-6,13-14H2,1-2H3;/q+1;-1. The van der Waals surface area contributed by atoms with Crippen molar-refractivity contribution in [2.24, 2.45) is 0 Å². The van der Waals surface area contributed by atoms with Crippen molar-refractivity contribution in [1.82, 2.24) is 9.56 Å². The van der Waals surface area contributed by atoms with Crippen LogP contribution in [0, 0.1) is 0 Å². The van der Waals surface area contributed by atoms with Gasteiger partial charge in [-0.15, -0.1) is 11.3 Å². The summed E-state index contributed by atoms with van der Waals surface area (Å²) in [5, 5.41) is 1.34. The summed E-state index contributed by atoms with van der Waals surface area (Å²) in [6.45, 7) is 6.81. The van der Waals surface area contributed by atoms with Crippen molar-refractivity contribution in [1.29, 1.82) is 0 Å². The van der Waals surface area contributed by atoms with Gasteiger partial charge in [-0.25, -0.2) is 9.56 Å². The number of unbranched alkanes of at least 4 members (excludes halogenated alkanes) is 2. The van der Waals surface area contributed by atoms with Crippen LogP contribution in [0.4, 0.5) is 0 Å². The zero-order chi connectivity index (χ0) is 18.8. The van der Waals surface area contributed by atoms with E-state index in [2.05, 4.69) is 98.1 Å². The number of hydrogen-bond acceptors (Lipinski definition) is 2. The molecule has 1 aromatic rings. The molecule has 0 fully saturated rings. The molecule has 0 unspecified atom stereocenters. The molecule has 0 radical (unpaired) electrons. The fourth-order valence-corrected chi connectivity index (χ4v) is 3.83. The Morgan fingerprint density at radius 1 is 1.00 bits per heavy atom. The van der Waals surface area contributed by atoms with E-state index in [1.807, 2.05) is 11.3 Å². The predicted octanol–water partition coefficient (Wildman–Crippen LogP) is 3.55. The number of halogens is 3. The summed E-state index contributed by atoms with van der Waals surface area (Å²) in [5.74, 6) is 0. The molecule has 2 nitrogen and oxygen atoms in total. The third-order valence-corrected chi connectivity index (χ3v) is 5.31. The van der Waals surface area contributed by atoms with Crippen LogP contribution in [-0.4, -0.2) is 18.1 Å². The zero-order valence-electron chi connectivity index (χ0n) is 15.2. The van der Waals surface area contributed by atoms with Gasteiger partial charge in [0.25, 0.3) is 0 Å². The second-order valence-electron chi connectivity index (χ2n) is 6.08. The minimum atomic E-state index is 0.530. The molecular formula is C20H25I3N2S. The maximum absolute atomic E-state index is 4.79. The SMILES string of the molecule is CCCC[N+](CCCC)=c1ccc2nc3ccccc3sc-2c1.I[I-]I. The summed E-state index contributed by atoms with van der Waals surface area (Å²) in [4.78, 5) is 6.07. The third-order valence-electron chi connectivity index (χ3n) is 4.20. The normalized spacial score (nSPS) is 10.8. The molecule has 2 aliphatic rings. The van der Waals surface area contributed by atoms with Crippen LogP contribution in [-0.2, 0) is 0 Å². The molecule has 0 atom stereocenters. The van der Waals surface area contributed by atoms with E-state index in [0.717, 1.165) is 24.3 Å². The van der Waals surface area contributed by atoms with Gasteiger partial charge in [0.1, 0.15) is 13.1 Å². The van der Waals surface area contributed by atoms with Gasteiger partial charge in [0.15, 0.2) is 0 Å². The van der Waals surface area contributed by atoms with Crippen LogP contribution in [0.3, 0.4) is 0 Å². The van der Waals surface area contributed by atoms with Crippen molar-refractivity contribution in [3.05, 3.63) is 47.8 Å². The number of hydrogen-bond donors (Lipinski definition) is 0. The van der Waals surface area contributed by atoms with Crippen LogP contribution in [0.15, 0.2) is 42.5 Å². The van der Waals surface area contributed by atoms with Gasteiger partial charge in [-0.05, 0) is 18.2 Å². The molecule has 6 heteroatoms. The first-order valence-electron chi connectivity index (χ1n) is 8.98. The Bertz CT molecular complexity index is 838. The Morgan fingerprint density at radius 2 is 1.65 bits per heavy atom. The summed E-state index contributed by atoms with van der Waals surface area (Å²) in [7, 11) is 0. The fraction of sp³-hybridized carbons (Fsp3) is 0.400. The monoisotopic (exact) mass is 706 g/mol. The Labute approximate surface area is 190 Å². The van der Waals surface area contributed by atoms with Gasteiger partial charge in [0.2, 0.25) is 5.36 Å². The quantitative estimate of drug-likeness (QED) is 0.218. The first-order chi connectivity index (χ1) is 12.7. The van der Waals surface area contributed by atoms with Gasteiger partial charge in [-0.1, -0.05) is 38.8 Å². The number of rotatable bonds is 6. The van der Waals surface area contributed by atoms with Gasteiger partial charge >= 0.3 is 50.5 Å². The van der Waals surface area contributed by atoms with E-state index in [1.54, 1.807) is 0 Å². The van der Waals surface area contributed by atoms with Gasteiger partial charge in [-0.3, -0.25) is 0 Å². The molecule has 3 rings (SSSR count). The Balaban J connectivity index is 0.000000758. The van der Waals surface area contributed by atoms with Crippen molar-refractivity contribution in [3.63, 3.8) is 0 Å². The van der Waals surface area contributed by atoms with E-state index in [4.69, 9.17) is 4.98 Å². The average molecular weight is 706 g/mol. The number of benzene rings is 2. The second kappa shape index (κ2) is 12.8. The Hall–Kier alpha value is 0.450. The molecule has 26 heavy (non-hydrogen) atoms. The molecule has 0 N–H and O–H groups in total. The Kier molecular flexibility index (Phi) is 11.2. The third kappa shape index (κ3) is 6.80. The summed E-state index contributed by atoms with van der Waals surface area (Å²) in [5.41, 5.74) is 2.19. The van der Waals surface area contributed by atoms with Crippen LogP contribution in [0.1, 0.15) is 39.5 Å². The molecule has 0 saturated heterocycles. The van der Waals surface area contributed by atoms with Crippen molar-refractivity contribution in [2.75, 3.05) is 13.1 Å². The first-order valence-corrected chi connectivity index (χ1v) is 22.4. The molecule has 142 valence electrons. The van der Waals surface area contributed by atoms with Gasteiger partial charge in [-0.2, -0.15) is 0 Å². The van der Waals surface area contributed by atoms with Crippen molar-refractivity contribution < 1.29 is 13.3 Å². The second-order valence-corrected chi connectivity index (χ2v) is 23.4. The van der Waals surface area contributed by atoms with Crippen LogP contribution in [0.2, 0.25) is 0 Å². The number of nitrogens with zero attached hydrogens (tertiary/aromatic N) is 2. The molecule has 0 saturated carbocycles. The molecule has 1 aliphatic carbocycles. The molecule has 0 bridgehead atoms. The summed E-state index contributed by atoms with van der Waals surface area (Å²) < 4.78 is 3.79. The number of para-hydroxylation sites is 1. The van der Waals surface area contributed by atoms with E-state index >= 15 is 0 Å². The average Bonchev–Trinajstić information content (AvgIpc) is 2.67. The molecule has 1 aromatic carbocycles. The summed E-state index contributed by atoms with van der Waals surface area (Å²) in [6, 6.07) is 15.1. The van der Waals surface area contributed by atoms with E-state index in [0.29, 0.717) is 13.3 Å². The molecule has 1 aliphatic heterocycles. The number of aromatic nitrogens is 1. The molecule has 0 spiro atoms. The van der Waals surface area contributed by atoms with Gasteiger partial charge < -0.3 is 0 Å². The fourth-order valence-electron chi connectivity index (χ4n) is 2.83. The molecular weight excluding hydrogens is 681 g/mol. The van der Waals surface area contributed by atoms with Crippen molar-refractivity contribution in [2.45, 2.75) is 39.5 Å². The maximum atomic E-state index is 4.79. The van der Waals surface area contributed by atoms with E-state index < -0.39 is 0 Å². The Morgan fingerprint density at radius 3 is 2.31 bits per heavy atom. The molecule has 0 aromatic heterocycles. The van der Waals surface area contributed by atoms with E-state index in [-0.39, 0.29) is 0 Å². The van der Waals surface area contributed by atoms with Crippen LogP contribution in [0.25, 0.3) is 20.8 Å². The van der Waals surface area contributed by atoms with E-state index in [1.165, 1.54) is 40.6 Å². The van der Waals surface area contributed by atoms with Crippen LogP contribution >= 0.6 is 48.6 Å². The molecule has 0 amide bonds. The number of fused-ring (bicyclic) bond motifs is 2. The zero-order valence-corrected chi connectivity index (χ0v) is 22.5. The van der Waals surface area contributed by atoms with Crippen LogP contribution in [0.5, 0.6) is 0 Å². The molecule has 1 heterocycles. The van der Waals surface area contributed by atoms with Gasteiger partial charge in [0.05, 0.1) is 20.8 Å². The minimum absolute atomic E-state index is 0.530. The van der Waals surface area contributed by atoms with Crippen molar-refractivity contribution >= 4 is 58.8 Å². The van der Waals surface area contributed by atoms with E-state index in [9.17, 15) is 0 Å². The summed E-state index contributed by atoms with van der Waals surface area (Å²) >= 11 is 7.14. The first kappa shape index (κ1) is 22.7. The van der Waals surface area contributed by atoms with Crippen molar-refractivity contribution in [3.8, 4) is 10.6 Å².